The van der Waals surface area contributed by atoms with Crippen LogP contribution in [0.15, 0.2) is 23.1 Å². The van der Waals surface area contributed by atoms with Gasteiger partial charge in [-0.25, -0.2) is 13.4 Å². The number of nitrogen functional groups attached to an aromatic ring is 1. The lowest BCUT2D eigenvalue weighted by Gasteiger charge is -2.08. The third-order valence-electron chi connectivity index (χ3n) is 2.75. The normalized spacial score (nSPS) is 13.0. The maximum Gasteiger partial charge on any atom is 0.441 e. The number of alkyl halides is 3. The van der Waals surface area contributed by atoms with Crippen LogP contribution in [0.4, 0.5) is 19.1 Å². The van der Waals surface area contributed by atoms with Crippen molar-refractivity contribution in [3.8, 4) is 0 Å². The van der Waals surface area contributed by atoms with Crippen molar-refractivity contribution in [3.63, 3.8) is 0 Å². The maximum atomic E-state index is 12.1. The molecule has 0 saturated heterocycles. The van der Waals surface area contributed by atoms with Crippen molar-refractivity contribution in [1.82, 2.24) is 9.55 Å². The Balaban J connectivity index is 2.40. The summed E-state index contributed by atoms with van der Waals surface area (Å²) >= 11 is -0.164. The van der Waals surface area contributed by atoms with E-state index in [-0.39, 0.29) is 40.4 Å². The predicted molar refractivity (Wildman–Crippen MR) is 75.8 cm³/mol. The summed E-state index contributed by atoms with van der Waals surface area (Å²) in [6.07, 6.45) is 1.04. The fraction of sp³-hybridized carbons (Fsp3) is 0.364. The zero-order valence-electron chi connectivity index (χ0n) is 10.9. The summed E-state index contributed by atoms with van der Waals surface area (Å²) < 4.78 is 61.2. The highest BCUT2D eigenvalue weighted by atomic mass is 32.2. The summed E-state index contributed by atoms with van der Waals surface area (Å²) in [5.41, 5.74) is 1.94. The Kier molecular flexibility index (Phi) is 4.11. The molecule has 0 amide bonds. The zero-order valence-corrected chi connectivity index (χ0v) is 12.5. The molecule has 2 rings (SSSR count). The number of anilines is 1. The van der Waals surface area contributed by atoms with Gasteiger partial charge < -0.3 is 10.3 Å². The van der Waals surface area contributed by atoms with E-state index >= 15 is 0 Å². The van der Waals surface area contributed by atoms with Gasteiger partial charge >= 0.3 is 5.51 Å². The second-order valence-corrected chi connectivity index (χ2v) is 7.46. The van der Waals surface area contributed by atoms with Crippen LogP contribution in [-0.4, -0.2) is 35.5 Å². The number of halogens is 3. The topological polar surface area (TPSA) is 78.0 Å². The van der Waals surface area contributed by atoms with Crippen molar-refractivity contribution in [2.45, 2.75) is 16.9 Å². The molecule has 10 heteroatoms. The van der Waals surface area contributed by atoms with Gasteiger partial charge in [0.2, 0.25) is 5.95 Å². The molecule has 0 radical (unpaired) electrons. The van der Waals surface area contributed by atoms with Gasteiger partial charge in [-0.2, -0.15) is 13.2 Å². The molecule has 1 aromatic heterocycles. The average Bonchev–Trinajstić information content (AvgIpc) is 2.63. The van der Waals surface area contributed by atoms with Crippen molar-refractivity contribution in [3.05, 3.63) is 18.2 Å². The minimum absolute atomic E-state index is 0.00826. The minimum Gasteiger partial charge on any atom is -0.369 e. The quantitative estimate of drug-likeness (QED) is 0.924. The molecule has 1 aromatic carbocycles. The Morgan fingerprint density at radius 1 is 1.38 bits per heavy atom. The first-order chi connectivity index (χ1) is 9.59. The van der Waals surface area contributed by atoms with Crippen LogP contribution in [0.2, 0.25) is 0 Å². The summed E-state index contributed by atoms with van der Waals surface area (Å²) in [7, 11) is -3.49. The number of aromatic nitrogens is 2. The van der Waals surface area contributed by atoms with Crippen LogP contribution in [0, 0.1) is 0 Å². The number of hydrogen-bond donors (Lipinski definition) is 1. The van der Waals surface area contributed by atoms with Gasteiger partial charge in [0.1, 0.15) is 5.52 Å². The lowest BCUT2D eigenvalue weighted by Crippen LogP contribution is -2.09. The number of aryl methyl sites for hydroxylation is 1. The number of hydrogen-bond acceptors (Lipinski definition) is 5. The van der Waals surface area contributed by atoms with E-state index in [9.17, 15) is 21.6 Å². The minimum atomic E-state index is -4.32. The van der Waals surface area contributed by atoms with Gasteiger partial charge in [0.15, 0.2) is 9.84 Å². The van der Waals surface area contributed by atoms with Gasteiger partial charge in [0.05, 0.1) is 10.4 Å². The van der Waals surface area contributed by atoms with Crippen molar-refractivity contribution < 1.29 is 21.6 Å². The fourth-order valence-corrected chi connectivity index (χ4v) is 3.26. The Morgan fingerprint density at radius 2 is 2.05 bits per heavy atom. The number of sulfone groups is 1. The van der Waals surface area contributed by atoms with Crippen LogP contribution in [0.3, 0.4) is 0 Å². The molecule has 5 nitrogen and oxygen atoms in total. The Bertz CT molecular complexity index is 769. The van der Waals surface area contributed by atoms with Crippen molar-refractivity contribution >= 4 is 38.6 Å². The van der Waals surface area contributed by atoms with E-state index in [4.69, 9.17) is 5.73 Å². The number of nitrogens with zero attached hydrogens (tertiary/aromatic N) is 2. The monoisotopic (exact) mass is 339 g/mol. The molecular formula is C11H12F3N3O2S2. The fourth-order valence-electron chi connectivity index (χ4n) is 1.93. The standard InChI is InChI=1S/C11H12F3N3O2S2/c1-21(18,19)8-4-2-3-7-9(8)16-10(15)17(7)5-6-20-11(12,13)14/h2-4H,5-6H2,1H3,(H2,15,16). The van der Waals surface area contributed by atoms with Gasteiger partial charge in [-0.05, 0) is 23.9 Å². The molecule has 0 bridgehead atoms. The molecule has 2 N–H and O–H groups in total. The molecule has 1 heterocycles. The molecule has 0 unspecified atom stereocenters. The highest BCUT2D eigenvalue weighted by molar-refractivity contribution is 8.00. The smallest absolute Gasteiger partial charge is 0.369 e. The first kappa shape index (κ1) is 16.0. The predicted octanol–water partition coefficient (Wildman–Crippen LogP) is 2.28. The van der Waals surface area contributed by atoms with Crippen LogP contribution in [0.1, 0.15) is 0 Å². The summed E-state index contributed by atoms with van der Waals surface area (Å²) in [5.74, 6) is -0.244. The molecule has 0 atom stereocenters. The van der Waals surface area contributed by atoms with Gasteiger partial charge in [0.25, 0.3) is 0 Å². The number of thioether (sulfide) groups is 1. The molecular weight excluding hydrogens is 327 g/mol. The SMILES string of the molecule is CS(=O)(=O)c1cccc2c1nc(N)n2CCSC(F)(F)F. The second kappa shape index (κ2) is 5.41. The second-order valence-electron chi connectivity index (χ2n) is 4.31. The number of benzene rings is 1. The maximum absolute atomic E-state index is 12.1. The molecule has 2 aromatic rings. The van der Waals surface area contributed by atoms with Crippen molar-refractivity contribution in [2.75, 3.05) is 17.7 Å². The number of para-hydroxylation sites is 1. The summed E-state index contributed by atoms with van der Waals surface area (Å²) in [6, 6.07) is 4.47. The van der Waals surface area contributed by atoms with Gasteiger partial charge in [-0.15, -0.1) is 0 Å². The first-order valence-corrected chi connectivity index (χ1v) is 8.63. The van der Waals surface area contributed by atoms with Crippen LogP contribution >= 0.6 is 11.8 Å². The molecule has 0 saturated carbocycles. The molecule has 116 valence electrons. The molecule has 0 fully saturated rings. The van der Waals surface area contributed by atoms with Crippen LogP contribution < -0.4 is 5.73 Å². The number of imidazole rings is 1. The molecule has 0 aliphatic heterocycles. The highest BCUT2D eigenvalue weighted by Gasteiger charge is 2.28. The highest BCUT2D eigenvalue weighted by Crippen LogP contribution is 2.31. The lowest BCUT2D eigenvalue weighted by molar-refractivity contribution is -0.0328. The third-order valence-corrected chi connectivity index (χ3v) is 4.59. The largest absolute Gasteiger partial charge is 0.441 e. The van der Waals surface area contributed by atoms with Crippen molar-refractivity contribution in [2.24, 2.45) is 0 Å². The number of rotatable bonds is 4. The van der Waals surface area contributed by atoms with E-state index in [2.05, 4.69) is 4.98 Å². The Hall–Kier alpha value is -1.42. The van der Waals surface area contributed by atoms with E-state index in [0.29, 0.717) is 5.52 Å². The molecule has 0 aliphatic carbocycles. The molecule has 0 spiro atoms. The van der Waals surface area contributed by atoms with E-state index in [0.717, 1.165) is 6.26 Å². The van der Waals surface area contributed by atoms with E-state index in [1.54, 1.807) is 6.07 Å². The number of nitrogens with two attached hydrogens (primary N) is 1. The van der Waals surface area contributed by atoms with Gasteiger partial charge in [0, 0.05) is 18.6 Å². The summed E-state index contributed by atoms with van der Waals surface area (Å²) in [6.45, 7) is -0.0142. The lowest BCUT2D eigenvalue weighted by atomic mass is 10.3. The van der Waals surface area contributed by atoms with E-state index in [1.807, 2.05) is 0 Å². The number of fused-ring (bicyclic) bond motifs is 1. The molecule has 0 aliphatic rings. The van der Waals surface area contributed by atoms with Crippen LogP contribution in [0.25, 0.3) is 11.0 Å². The van der Waals surface area contributed by atoms with E-state index < -0.39 is 15.3 Å². The van der Waals surface area contributed by atoms with Crippen LogP contribution in [0.5, 0.6) is 0 Å². The average molecular weight is 339 g/mol. The van der Waals surface area contributed by atoms with Gasteiger partial charge in [-0.1, -0.05) is 6.07 Å². The third kappa shape index (κ3) is 3.62. The Morgan fingerprint density at radius 3 is 2.62 bits per heavy atom. The zero-order chi connectivity index (χ0) is 15.8. The Labute approximate surface area is 123 Å². The van der Waals surface area contributed by atoms with Gasteiger partial charge in [-0.3, -0.25) is 0 Å². The summed E-state index contributed by atoms with van der Waals surface area (Å²) in [4.78, 5) is 3.97. The van der Waals surface area contributed by atoms with E-state index in [1.165, 1.54) is 16.7 Å². The molecule has 21 heavy (non-hydrogen) atoms. The summed E-state index contributed by atoms with van der Waals surface area (Å²) in [5, 5.41) is 0. The first-order valence-electron chi connectivity index (χ1n) is 5.75. The van der Waals surface area contributed by atoms with Crippen molar-refractivity contribution in [1.29, 1.82) is 0 Å². The van der Waals surface area contributed by atoms with Crippen LogP contribution in [-0.2, 0) is 16.4 Å².